The van der Waals surface area contributed by atoms with Gasteiger partial charge in [-0.3, -0.25) is 9.59 Å². The van der Waals surface area contributed by atoms with E-state index in [1.54, 1.807) is 11.9 Å². The standard InChI is InChI=1S/C22H33N3O4/c1-6-16-9-7-8-10-18(16)23-19(26)15-24(5)20(27)17-11-13-25(14-12-17)21(28)29-22(2,3)4/h7-10,17H,6,11-15H2,1-5H3,(H,23,26). The molecule has 160 valence electrons. The van der Waals surface area contributed by atoms with Crippen LogP contribution in [0.2, 0.25) is 0 Å². The van der Waals surface area contributed by atoms with Crippen LogP contribution in [0.5, 0.6) is 0 Å². The lowest BCUT2D eigenvalue weighted by molar-refractivity contribution is -0.138. The molecule has 1 N–H and O–H groups in total. The molecule has 7 heteroatoms. The fraction of sp³-hybridized carbons (Fsp3) is 0.591. The van der Waals surface area contributed by atoms with Gasteiger partial charge in [0, 0.05) is 31.7 Å². The van der Waals surface area contributed by atoms with Gasteiger partial charge in [-0.2, -0.15) is 0 Å². The van der Waals surface area contributed by atoms with Crippen LogP contribution >= 0.6 is 0 Å². The van der Waals surface area contributed by atoms with E-state index in [-0.39, 0.29) is 30.4 Å². The normalized spacial score (nSPS) is 15.0. The van der Waals surface area contributed by atoms with Crippen LogP contribution < -0.4 is 5.32 Å². The number of carbonyl (C=O) groups is 3. The van der Waals surface area contributed by atoms with Gasteiger partial charge in [0.2, 0.25) is 11.8 Å². The summed E-state index contributed by atoms with van der Waals surface area (Å²) in [7, 11) is 1.65. The molecule has 0 saturated carbocycles. The minimum absolute atomic E-state index is 0.00314. The number of piperidine rings is 1. The minimum Gasteiger partial charge on any atom is -0.444 e. The zero-order valence-electron chi connectivity index (χ0n) is 18.2. The molecular formula is C22H33N3O4. The van der Waals surface area contributed by atoms with E-state index in [0.29, 0.717) is 25.9 Å². The van der Waals surface area contributed by atoms with Gasteiger partial charge in [0.15, 0.2) is 0 Å². The van der Waals surface area contributed by atoms with Crippen LogP contribution in [0, 0.1) is 5.92 Å². The Kier molecular flexibility index (Phi) is 7.65. The molecule has 0 radical (unpaired) electrons. The Morgan fingerprint density at radius 2 is 1.79 bits per heavy atom. The van der Waals surface area contributed by atoms with Crippen molar-refractivity contribution in [3.05, 3.63) is 29.8 Å². The van der Waals surface area contributed by atoms with Gasteiger partial charge in [-0.05, 0) is 51.7 Å². The number of nitrogens with one attached hydrogen (secondary N) is 1. The van der Waals surface area contributed by atoms with Crippen LogP contribution in [0.25, 0.3) is 0 Å². The zero-order chi connectivity index (χ0) is 21.6. The van der Waals surface area contributed by atoms with Crippen molar-refractivity contribution < 1.29 is 19.1 Å². The van der Waals surface area contributed by atoms with E-state index in [1.165, 1.54) is 4.90 Å². The first-order chi connectivity index (χ1) is 13.6. The monoisotopic (exact) mass is 403 g/mol. The topological polar surface area (TPSA) is 79.0 Å². The van der Waals surface area contributed by atoms with Crippen molar-refractivity contribution in [2.45, 2.75) is 52.6 Å². The summed E-state index contributed by atoms with van der Waals surface area (Å²) in [5.41, 5.74) is 1.31. The second-order valence-electron chi connectivity index (χ2n) is 8.49. The molecule has 0 atom stereocenters. The summed E-state index contributed by atoms with van der Waals surface area (Å²) in [6, 6.07) is 7.66. The molecule has 0 aromatic heterocycles. The van der Waals surface area contributed by atoms with Crippen LogP contribution in [-0.2, 0) is 20.7 Å². The van der Waals surface area contributed by atoms with Crippen molar-refractivity contribution in [1.82, 2.24) is 9.80 Å². The highest BCUT2D eigenvalue weighted by atomic mass is 16.6. The number of likely N-dealkylation sites (N-methyl/N-ethyl adjacent to an activating group) is 1. The second-order valence-corrected chi connectivity index (χ2v) is 8.49. The highest BCUT2D eigenvalue weighted by Crippen LogP contribution is 2.21. The lowest BCUT2D eigenvalue weighted by Crippen LogP contribution is -2.46. The zero-order valence-corrected chi connectivity index (χ0v) is 18.2. The Bertz CT molecular complexity index is 734. The predicted molar refractivity (Wildman–Crippen MR) is 113 cm³/mol. The van der Waals surface area contributed by atoms with E-state index in [4.69, 9.17) is 4.74 Å². The lowest BCUT2D eigenvalue weighted by Gasteiger charge is -2.34. The van der Waals surface area contributed by atoms with Crippen molar-refractivity contribution in [2.24, 2.45) is 5.92 Å². The van der Waals surface area contributed by atoms with E-state index in [1.807, 2.05) is 52.0 Å². The Hall–Kier alpha value is -2.57. The van der Waals surface area contributed by atoms with Gasteiger partial charge in [0.25, 0.3) is 0 Å². The molecule has 0 unspecified atom stereocenters. The number of rotatable bonds is 5. The summed E-state index contributed by atoms with van der Waals surface area (Å²) in [6.07, 6.45) is 1.62. The maximum Gasteiger partial charge on any atom is 0.410 e. The highest BCUT2D eigenvalue weighted by molar-refractivity contribution is 5.95. The Morgan fingerprint density at radius 1 is 1.17 bits per heavy atom. The molecule has 1 saturated heterocycles. The van der Waals surface area contributed by atoms with Gasteiger partial charge < -0.3 is 19.9 Å². The van der Waals surface area contributed by atoms with Gasteiger partial charge in [-0.1, -0.05) is 25.1 Å². The van der Waals surface area contributed by atoms with Crippen molar-refractivity contribution >= 4 is 23.6 Å². The molecule has 3 amide bonds. The number of ether oxygens (including phenoxy) is 1. The Balaban J connectivity index is 1.83. The van der Waals surface area contributed by atoms with E-state index >= 15 is 0 Å². The van der Waals surface area contributed by atoms with Gasteiger partial charge in [-0.15, -0.1) is 0 Å². The Labute approximate surface area is 173 Å². The number of anilines is 1. The number of amides is 3. The average Bonchev–Trinajstić information content (AvgIpc) is 2.66. The van der Waals surface area contributed by atoms with Crippen LogP contribution in [0.15, 0.2) is 24.3 Å². The summed E-state index contributed by atoms with van der Waals surface area (Å²) < 4.78 is 5.39. The van der Waals surface area contributed by atoms with E-state index in [9.17, 15) is 14.4 Å². The van der Waals surface area contributed by atoms with Gasteiger partial charge >= 0.3 is 6.09 Å². The molecule has 0 spiro atoms. The van der Waals surface area contributed by atoms with Crippen LogP contribution in [0.3, 0.4) is 0 Å². The van der Waals surface area contributed by atoms with Crippen LogP contribution in [0.4, 0.5) is 10.5 Å². The summed E-state index contributed by atoms with van der Waals surface area (Å²) in [6.45, 7) is 8.50. The van der Waals surface area contributed by atoms with Crippen molar-refractivity contribution in [3.63, 3.8) is 0 Å². The molecule has 1 fully saturated rings. The lowest BCUT2D eigenvalue weighted by atomic mass is 9.95. The maximum absolute atomic E-state index is 12.7. The van der Waals surface area contributed by atoms with E-state index in [0.717, 1.165) is 17.7 Å². The van der Waals surface area contributed by atoms with E-state index < -0.39 is 5.60 Å². The fourth-order valence-corrected chi connectivity index (χ4v) is 3.38. The fourth-order valence-electron chi connectivity index (χ4n) is 3.38. The van der Waals surface area contributed by atoms with Crippen molar-refractivity contribution in [1.29, 1.82) is 0 Å². The largest absolute Gasteiger partial charge is 0.444 e. The van der Waals surface area contributed by atoms with E-state index in [2.05, 4.69) is 5.32 Å². The smallest absolute Gasteiger partial charge is 0.410 e. The number of nitrogens with zero attached hydrogens (tertiary/aromatic N) is 2. The van der Waals surface area contributed by atoms with Crippen molar-refractivity contribution in [2.75, 3.05) is 32.0 Å². The molecule has 1 aliphatic rings. The van der Waals surface area contributed by atoms with Gasteiger partial charge in [0.1, 0.15) is 5.60 Å². The molecule has 7 nitrogen and oxygen atoms in total. The quantitative estimate of drug-likeness (QED) is 0.818. The average molecular weight is 404 g/mol. The number of hydrogen-bond donors (Lipinski definition) is 1. The number of para-hydroxylation sites is 1. The predicted octanol–water partition coefficient (Wildman–Crippen LogP) is 3.29. The minimum atomic E-state index is -0.534. The third kappa shape index (κ3) is 6.76. The van der Waals surface area contributed by atoms with Gasteiger partial charge in [0.05, 0.1) is 6.54 Å². The molecular weight excluding hydrogens is 370 g/mol. The summed E-state index contributed by atoms with van der Waals surface area (Å²) >= 11 is 0. The summed E-state index contributed by atoms with van der Waals surface area (Å²) in [5, 5.41) is 2.89. The molecule has 29 heavy (non-hydrogen) atoms. The molecule has 1 aromatic rings. The summed E-state index contributed by atoms with van der Waals surface area (Å²) in [5.74, 6) is -0.463. The summed E-state index contributed by atoms with van der Waals surface area (Å²) in [4.78, 5) is 40.4. The number of aryl methyl sites for hydroxylation is 1. The number of benzene rings is 1. The van der Waals surface area contributed by atoms with Gasteiger partial charge in [-0.25, -0.2) is 4.79 Å². The Morgan fingerprint density at radius 3 is 2.38 bits per heavy atom. The van der Waals surface area contributed by atoms with Crippen molar-refractivity contribution in [3.8, 4) is 0 Å². The first kappa shape index (κ1) is 22.7. The van der Waals surface area contributed by atoms with Crippen LogP contribution in [-0.4, -0.2) is 60.0 Å². The first-order valence-corrected chi connectivity index (χ1v) is 10.2. The molecule has 0 aliphatic carbocycles. The molecule has 2 rings (SSSR count). The highest BCUT2D eigenvalue weighted by Gasteiger charge is 2.31. The van der Waals surface area contributed by atoms with Crippen LogP contribution in [0.1, 0.15) is 46.1 Å². The number of likely N-dealkylation sites (tertiary alicyclic amines) is 1. The number of hydrogen-bond acceptors (Lipinski definition) is 4. The molecule has 1 aromatic carbocycles. The first-order valence-electron chi connectivity index (χ1n) is 10.2. The number of carbonyl (C=O) groups excluding carboxylic acids is 3. The molecule has 0 bridgehead atoms. The SMILES string of the molecule is CCc1ccccc1NC(=O)CN(C)C(=O)C1CCN(C(=O)OC(C)(C)C)CC1. The second kappa shape index (κ2) is 9.76. The third-order valence-corrected chi connectivity index (χ3v) is 4.93. The molecule has 1 aliphatic heterocycles. The molecule has 1 heterocycles. The third-order valence-electron chi connectivity index (χ3n) is 4.93. The maximum atomic E-state index is 12.7.